The Morgan fingerprint density at radius 2 is 1.75 bits per heavy atom. The molecule has 1 rings (SSSR count). The summed E-state index contributed by atoms with van der Waals surface area (Å²) < 4.78 is 0. The smallest absolute Gasteiger partial charge is 0.262 e. The Bertz CT molecular complexity index is 477. The number of aliphatic hydroxyl groups excluding tert-OH is 1. The van der Waals surface area contributed by atoms with E-state index in [4.69, 9.17) is 10.3 Å². The number of carbonyl (C=O) groups excluding carboxylic acids is 3. The molecule has 1 atom stereocenters. The Morgan fingerprint density at radius 1 is 1.10 bits per heavy atom. The Hall–Kier alpha value is -2.45. The van der Waals surface area contributed by atoms with Gasteiger partial charge in [-0.15, -0.1) is 0 Å². The minimum Gasteiger partial charge on any atom is -0.387 e. The lowest BCUT2D eigenvalue weighted by atomic mass is 10.1. The Labute approximate surface area is 114 Å². The van der Waals surface area contributed by atoms with Gasteiger partial charge >= 0.3 is 0 Å². The predicted octanol–water partition coefficient (Wildman–Crippen LogP) is -1.54. The summed E-state index contributed by atoms with van der Waals surface area (Å²) in [4.78, 5) is 34.0. The van der Waals surface area contributed by atoms with Crippen molar-refractivity contribution in [2.45, 2.75) is 6.04 Å². The first-order valence-electron chi connectivity index (χ1n) is 5.74. The van der Waals surface area contributed by atoms with Crippen molar-refractivity contribution in [2.75, 3.05) is 13.2 Å². The molecular formula is C12H15N3O5. The van der Waals surface area contributed by atoms with Crippen LogP contribution in [0.1, 0.15) is 11.6 Å². The maximum absolute atomic E-state index is 11.9. The second kappa shape index (κ2) is 7.87. The molecule has 20 heavy (non-hydrogen) atoms. The van der Waals surface area contributed by atoms with Gasteiger partial charge in [-0.2, -0.15) is 0 Å². The molecule has 8 nitrogen and oxygen atoms in total. The van der Waals surface area contributed by atoms with Gasteiger partial charge in [0.2, 0.25) is 11.8 Å². The van der Waals surface area contributed by atoms with Crippen molar-refractivity contribution in [1.29, 1.82) is 0 Å². The van der Waals surface area contributed by atoms with Gasteiger partial charge in [-0.1, -0.05) is 30.3 Å². The van der Waals surface area contributed by atoms with Crippen LogP contribution in [0.2, 0.25) is 0 Å². The SMILES string of the molecule is O=C(CNC(=O)[C@H](NC(=O)CO)c1ccccc1)NO. The number of benzene rings is 1. The molecule has 0 bridgehead atoms. The first kappa shape index (κ1) is 15.6. The molecule has 0 aliphatic carbocycles. The quantitative estimate of drug-likeness (QED) is 0.319. The fourth-order valence-corrected chi connectivity index (χ4v) is 1.46. The molecule has 0 aromatic heterocycles. The Morgan fingerprint density at radius 3 is 2.30 bits per heavy atom. The van der Waals surface area contributed by atoms with Crippen molar-refractivity contribution in [3.63, 3.8) is 0 Å². The van der Waals surface area contributed by atoms with Crippen LogP contribution < -0.4 is 16.1 Å². The molecule has 108 valence electrons. The molecule has 1 aromatic rings. The molecule has 0 spiro atoms. The van der Waals surface area contributed by atoms with E-state index in [2.05, 4.69) is 10.6 Å². The minimum absolute atomic E-state index is 0.437. The molecule has 1 aromatic carbocycles. The van der Waals surface area contributed by atoms with Gasteiger partial charge in [-0.05, 0) is 5.56 Å². The van der Waals surface area contributed by atoms with Crippen LogP contribution in [0.25, 0.3) is 0 Å². The molecule has 0 unspecified atom stereocenters. The fourth-order valence-electron chi connectivity index (χ4n) is 1.46. The standard InChI is InChI=1S/C12H15N3O5/c16-7-10(18)14-11(8-4-2-1-3-5-8)12(19)13-6-9(17)15-20/h1-5,11,16,20H,6-7H2,(H,13,19)(H,14,18)(H,15,17)/t11-/m1/s1. The van der Waals surface area contributed by atoms with Crippen LogP contribution in [-0.2, 0) is 14.4 Å². The maximum atomic E-state index is 11.9. The zero-order valence-corrected chi connectivity index (χ0v) is 10.5. The van der Waals surface area contributed by atoms with Gasteiger partial charge in [0.25, 0.3) is 5.91 Å². The molecule has 0 radical (unpaired) electrons. The van der Waals surface area contributed by atoms with Gasteiger partial charge in [0.15, 0.2) is 0 Å². The van der Waals surface area contributed by atoms with Crippen molar-refractivity contribution in [3.05, 3.63) is 35.9 Å². The number of carbonyl (C=O) groups is 3. The van der Waals surface area contributed by atoms with Crippen LogP contribution in [0.5, 0.6) is 0 Å². The van der Waals surface area contributed by atoms with Gasteiger partial charge < -0.3 is 15.7 Å². The van der Waals surface area contributed by atoms with Crippen molar-refractivity contribution in [1.82, 2.24) is 16.1 Å². The second-order valence-corrected chi connectivity index (χ2v) is 3.82. The lowest BCUT2D eigenvalue weighted by molar-refractivity contribution is -0.133. The zero-order valence-electron chi connectivity index (χ0n) is 10.5. The van der Waals surface area contributed by atoms with Gasteiger partial charge in [0.1, 0.15) is 12.6 Å². The highest BCUT2D eigenvalue weighted by Gasteiger charge is 2.22. The predicted molar refractivity (Wildman–Crippen MR) is 67.4 cm³/mol. The van der Waals surface area contributed by atoms with Gasteiger partial charge in [-0.3, -0.25) is 19.6 Å². The summed E-state index contributed by atoms with van der Waals surface area (Å²) in [6, 6.07) is 7.30. The molecule has 0 saturated heterocycles. The number of amides is 3. The van der Waals surface area contributed by atoms with Crippen LogP contribution >= 0.6 is 0 Å². The average molecular weight is 281 g/mol. The largest absolute Gasteiger partial charge is 0.387 e. The first-order valence-corrected chi connectivity index (χ1v) is 5.74. The van der Waals surface area contributed by atoms with E-state index in [-0.39, 0.29) is 0 Å². The van der Waals surface area contributed by atoms with E-state index >= 15 is 0 Å². The highest BCUT2D eigenvalue weighted by atomic mass is 16.5. The second-order valence-electron chi connectivity index (χ2n) is 3.82. The molecule has 0 heterocycles. The van der Waals surface area contributed by atoms with Crippen molar-refractivity contribution in [2.24, 2.45) is 0 Å². The van der Waals surface area contributed by atoms with E-state index in [1.807, 2.05) is 0 Å². The highest BCUT2D eigenvalue weighted by molar-refractivity contribution is 5.91. The van der Waals surface area contributed by atoms with Crippen molar-refractivity contribution < 1.29 is 24.7 Å². The summed E-state index contributed by atoms with van der Waals surface area (Å²) in [5, 5.41) is 21.6. The van der Waals surface area contributed by atoms with E-state index in [1.54, 1.807) is 30.3 Å². The maximum Gasteiger partial charge on any atom is 0.262 e. The minimum atomic E-state index is -1.04. The lowest BCUT2D eigenvalue weighted by Crippen LogP contribution is -2.44. The molecule has 0 fully saturated rings. The molecule has 0 aliphatic rings. The third-order valence-electron chi connectivity index (χ3n) is 2.39. The number of rotatable bonds is 6. The van der Waals surface area contributed by atoms with Crippen LogP contribution in [0.15, 0.2) is 30.3 Å². The number of hydrogen-bond donors (Lipinski definition) is 5. The van der Waals surface area contributed by atoms with E-state index in [1.165, 1.54) is 5.48 Å². The third kappa shape index (κ3) is 4.67. The van der Waals surface area contributed by atoms with E-state index < -0.39 is 36.9 Å². The van der Waals surface area contributed by atoms with Crippen molar-refractivity contribution in [3.8, 4) is 0 Å². The van der Waals surface area contributed by atoms with Crippen LogP contribution in [0.4, 0.5) is 0 Å². The molecule has 0 saturated carbocycles. The molecule has 5 N–H and O–H groups in total. The Balaban J connectivity index is 2.79. The van der Waals surface area contributed by atoms with Crippen LogP contribution in [0, 0.1) is 0 Å². The van der Waals surface area contributed by atoms with Gasteiger partial charge in [-0.25, -0.2) is 5.48 Å². The first-order chi connectivity index (χ1) is 9.58. The molecule has 0 aliphatic heterocycles. The normalized spacial score (nSPS) is 11.3. The summed E-state index contributed by atoms with van der Waals surface area (Å²) >= 11 is 0. The van der Waals surface area contributed by atoms with Gasteiger partial charge in [0.05, 0.1) is 6.54 Å². The summed E-state index contributed by atoms with van der Waals surface area (Å²) in [6.45, 7) is -1.19. The summed E-state index contributed by atoms with van der Waals surface area (Å²) in [5.74, 6) is -2.15. The topological polar surface area (TPSA) is 128 Å². The highest BCUT2D eigenvalue weighted by Crippen LogP contribution is 2.12. The molecule has 3 amide bonds. The van der Waals surface area contributed by atoms with E-state index in [9.17, 15) is 14.4 Å². The van der Waals surface area contributed by atoms with E-state index in [0.29, 0.717) is 5.56 Å². The summed E-state index contributed by atoms with van der Waals surface area (Å²) in [7, 11) is 0. The monoisotopic (exact) mass is 281 g/mol. The lowest BCUT2D eigenvalue weighted by Gasteiger charge is -2.18. The van der Waals surface area contributed by atoms with Crippen LogP contribution in [-0.4, -0.2) is 41.2 Å². The molecular weight excluding hydrogens is 266 g/mol. The zero-order chi connectivity index (χ0) is 15.0. The number of hydroxylamine groups is 1. The number of nitrogens with one attached hydrogen (secondary N) is 3. The molecule has 8 heteroatoms. The summed E-state index contributed by atoms with van der Waals surface area (Å²) in [6.07, 6.45) is 0. The Kier molecular flexibility index (Phi) is 6.14. The average Bonchev–Trinajstić information content (AvgIpc) is 2.50. The summed E-state index contributed by atoms with van der Waals surface area (Å²) in [5.41, 5.74) is 1.87. The third-order valence-corrected chi connectivity index (χ3v) is 2.39. The van der Waals surface area contributed by atoms with Gasteiger partial charge in [0, 0.05) is 0 Å². The fraction of sp³-hybridized carbons (Fsp3) is 0.250. The van der Waals surface area contributed by atoms with Crippen LogP contribution in [0.3, 0.4) is 0 Å². The van der Waals surface area contributed by atoms with E-state index in [0.717, 1.165) is 0 Å². The van der Waals surface area contributed by atoms with Crippen molar-refractivity contribution >= 4 is 17.7 Å². The number of hydrogen-bond acceptors (Lipinski definition) is 5. The number of aliphatic hydroxyl groups is 1.